The van der Waals surface area contributed by atoms with Crippen molar-refractivity contribution in [3.63, 3.8) is 0 Å². The van der Waals surface area contributed by atoms with E-state index in [4.69, 9.17) is 16.9 Å². The van der Waals surface area contributed by atoms with Crippen LogP contribution in [-0.4, -0.2) is 29.7 Å². The summed E-state index contributed by atoms with van der Waals surface area (Å²) >= 11 is 5.81. The largest absolute Gasteiger partial charge is 0.341 e. The Morgan fingerprint density at radius 2 is 2.00 bits per heavy atom. The number of nitrogens with zero attached hydrogens (tertiary/aromatic N) is 2. The number of amides is 1. The fourth-order valence-corrected chi connectivity index (χ4v) is 2.34. The monoisotopic (exact) mass is 276 g/mol. The van der Waals surface area contributed by atoms with Crippen molar-refractivity contribution >= 4 is 23.3 Å². The molecule has 0 unspecified atom stereocenters. The molecule has 1 atom stereocenters. The minimum atomic E-state index is -1.27. The van der Waals surface area contributed by atoms with Gasteiger partial charge in [0.15, 0.2) is 11.7 Å². The molecular weight excluding hydrogens is 264 g/mol. The van der Waals surface area contributed by atoms with Crippen LogP contribution in [0.2, 0.25) is 5.02 Å². The summed E-state index contributed by atoms with van der Waals surface area (Å²) in [5.41, 5.74) is 0.298. The number of halogens is 1. The highest BCUT2D eigenvalue weighted by atomic mass is 35.5. The van der Waals surface area contributed by atoms with Gasteiger partial charge in [0, 0.05) is 23.7 Å². The van der Waals surface area contributed by atoms with Gasteiger partial charge in [-0.15, -0.1) is 0 Å². The normalized spacial score (nSPS) is 15.9. The number of nitriles is 1. The molecule has 2 rings (SSSR count). The lowest BCUT2D eigenvalue weighted by Gasteiger charge is -2.18. The molecule has 1 heterocycles. The van der Waals surface area contributed by atoms with Crippen molar-refractivity contribution in [1.82, 2.24) is 4.90 Å². The maximum absolute atomic E-state index is 12.2. The van der Waals surface area contributed by atoms with Crippen molar-refractivity contribution in [2.45, 2.75) is 12.8 Å². The number of Topliss-reactive ketones (excluding diaryl/α,β-unsaturated/α-hetero) is 1. The minimum absolute atomic E-state index is 0.298. The Bertz CT molecular complexity index is 545. The lowest BCUT2D eigenvalue weighted by molar-refractivity contribution is -0.131. The first-order valence-corrected chi connectivity index (χ1v) is 6.49. The number of benzene rings is 1. The van der Waals surface area contributed by atoms with E-state index >= 15 is 0 Å². The molecule has 1 aromatic rings. The summed E-state index contributed by atoms with van der Waals surface area (Å²) in [6.07, 6.45) is 1.85. The molecule has 0 aromatic heterocycles. The predicted molar refractivity (Wildman–Crippen MR) is 70.7 cm³/mol. The van der Waals surface area contributed by atoms with E-state index in [-0.39, 0.29) is 0 Å². The number of carbonyl (C=O) groups excluding carboxylic acids is 2. The highest BCUT2D eigenvalue weighted by molar-refractivity contribution is 6.31. The molecule has 0 radical (unpaired) electrons. The number of ketones is 1. The quantitative estimate of drug-likeness (QED) is 0.628. The Balaban J connectivity index is 2.20. The van der Waals surface area contributed by atoms with Crippen molar-refractivity contribution < 1.29 is 9.59 Å². The second-order valence-corrected chi connectivity index (χ2v) is 4.91. The third kappa shape index (κ3) is 2.94. The van der Waals surface area contributed by atoms with Crippen LogP contribution in [0.1, 0.15) is 23.2 Å². The third-order valence-electron chi connectivity index (χ3n) is 3.17. The zero-order valence-corrected chi connectivity index (χ0v) is 11.1. The second kappa shape index (κ2) is 5.85. The molecule has 1 aromatic carbocycles. The first-order chi connectivity index (χ1) is 9.13. The first kappa shape index (κ1) is 13.6. The van der Waals surface area contributed by atoms with E-state index in [1.807, 2.05) is 6.07 Å². The minimum Gasteiger partial charge on any atom is -0.341 e. The molecular formula is C14H13ClN2O2. The van der Waals surface area contributed by atoms with Gasteiger partial charge in [-0.05, 0) is 25.0 Å². The van der Waals surface area contributed by atoms with Crippen molar-refractivity contribution in [3.05, 3.63) is 34.9 Å². The van der Waals surface area contributed by atoms with Gasteiger partial charge in [0.05, 0.1) is 6.07 Å². The van der Waals surface area contributed by atoms with E-state index in [0.717, 1.165) is 12.8 Å². The Hall–Kier alpha value is -1.86. The summed E-state index contributed by atoms with van der Waals surface area (Å²) in [6.45, 7) is 1.25. The SMILES string of the molecule is N#C[C@@H](C(=O)c1cccc(Cl)c1)C(=O)N1CCCC1. The number of likely N-dealkylation sites (tertiary alicyclic amines) is 1. The van der Waals surface area contributed by atoms with Crippen LogP contribution in [0.5, 0.6) is 0 Å². The molecule has 0 N–H and O–H groups in total. The maximum Gasteiger partial charge on any atom is 0.247 e. The van der Waals surface area contributed by atoms with Crippen LogP contribution in [0.3, 0.4) is 0 Å². The van der Waals surface area contributed by atoms with E-state index in [1.54, 1.807) is 23.1 Å². The maximum atomic E-state index is 12.2. The topological polar surface area (TPSA) is 61.2 Å². The van der Waals surface area contributed by atoms with Crippen LogP contribution >= 0.6 is 11.6 Å². The van der Waals surface area contributed by atoms with Crippen LogP contribution in [0.25, 0.3) is 0 Å². The number of rotatable bonds is 3. The Morgan fingerprint density at radius 3 is 2.58 bits per heavy atom. The lowest BCUT2D eigenvalue weighted by Crippen LogP contribution is -2.37. The second-order valence-electron chi connectivity index (χ2n) is 4.47. The summed E-state index contributed by atoms with van der Waals surface area (Å²) in [5, 5.41) is 9.52. The molecule has 98 valence electrons. The van der Waals surface area contributed by atoms with Crippen molar-refractivity contribution in [1.29, 1.82) is 5.26 Å². The molecule has 19 heavy (non-hydrogen) atoms. The van der Waals surface area contributed by atoms with Crippen LogP contribution in [0, 0.1) is 17.2 Å². The summed E-state index contributed by atoms with van der Waals surface area (Å²) in [6, 6.07) is 8.13. The highest BCUT2D eigenvalue weighted by Gasteiger charge is 2.32. The van der Waals surface area contributed by atoms with Gasteiger partial charge >= 0.3 is 0 Å². The fraction of sp³-hybridized carbons (Fsp3) is 0.357. The van der Waals surface area contributed by atoms with E-state index < -0.39 is 17.6 Å². The molecule has 1 saturated heterocycles. The van der Waals surface area contributed by atoms with E-state index in [1.165, 1.54) is 6.07 Å². The van der Waals surface area contributed by atoms with Crippen LogP contribution < -0.4 is 0 Å². The standard InChI is InChI=1S/C14H13ClN2O2/c15-11-5-3-4-10(8-11)13(18)12(9-16)14(19)17-6-1-2-7-17/h3-5,8,12H,1-2,6-7H2/t12-/m0/s1. The van der Waals surface area contributed by atoms with E-state index in [9.17, 15) is 9.59 Å². The van der Waals surface area contributed by atoms with Gasteiger partial charge in [-0.1, -0.05) is 23.7 Å². The fourth-order valence-electron chi connectivity index (χ4n) is 2.15. The average molecular weight is 277 g/mol. The molecule has 0 aliphatic carbocycles. The molecule has 0 bridgehead atoms. The Morgan fingerprint density at radius 1 is 1.32 bits per heavy atom. The van der Waals surface area contributed by atoms with Gasteiger partial charge in [0.2, 0.25) is 5.91 Å². The first-order valence-electron chi connectivity index (χ1n) is 6.11. The smallest absolute Gasteiger partial charge is 0.247 e. The summed E-state index contributed by atoms with van der Waals surface area (Å²) in [5.74, 6) is -2.15. The predicted octanol–water partition coefficient (Wildman–Crippen LogP) is 2.28. The molecule has 5 heteroatoms. The summed E-state index contributed by atoms with van der Waals surface area (Å²) in [7, 11) is 0. The van der Waals surface area contributed by atoms with Crippen LogP contribution in [-0.2, 0) is 4.79 Å². The van der Waals surface area contributed by atoms with Gasteiger partial charge in [-0.2, -0.15) is 5.26 Å². The van der Waals surface area contributed by atoms with Gasteiger partial charge in [-0.3, -0.25) is 9.59 Å². The summed E-state index contributed by atoms with van der Waals surface area (Å²) in [4.78, 5) is 25.9. The molecule has 4 nitrogen and oxygen atoms in total. The molecule has 0 spiro atoms. The number of carbonyl (C=O) groups is 2. The molecule has 1 amide bonds. The van der Waals surface area contributed by atoms with E-state index in [2.05, 4.69) is 0 Å². The Labute approximate surface area is 116 Å². The number of hydrogen-bond acceptors (Lipinski definition) is 3. The Kier molecular flexibility index (Phi) is 4.18. The van der Waals surface area contributed by atoms with Crippen molar-refractivity contribution in [2.75, 3.05) is 13.1 Å². The average Bonchev–Trinajstić information content (AvgIpc) is 2.93. The van der Waals surface area contributed by atoms with Gasteiger partial charge in [-0.25, -0.2) is 0 Å². The van der Waals surface area contributed by atoms with Gasteiger partial charge < -0.3 is 4.90 Å². The molecule has 0 saturated carbocycles. The zero-order valence-electron chi connectivity index (χ0n) is 10.3. The van der Waals surface area contributed by atoms with Gasteiger partial charge in [0.25, 0.3) is 0 Å². The molecule has 1 aliphatic heterocycles. The van der Waals surface area contributed by atoms with E-state index in [0.29, 0.717) is 23.7 Å². The van der Waals surface area contributed by atoms with Crippen molar-refractivity contribution in [3.8, 4) is 6.07 Å². The van der Waals surface area contributed by atoms with Crippen LogP contribution in [0.15, 0.2) is 24.3 Å². The van der Waals surface area contributed by atoms with Gasteiger partial charge in [0.1, 0.15) is 0 Å². The van der Waals surface area contributed by atoms with Crippen molar-refractivity contribution in [2.24, 2.45) is 5.92 Å². The lowest BCUT2D eigenvalue weighted by atomic mass is 9.97. The third-order valence-corrected chi connectivity index (χ3v) is 3.40. The molecule has 1 fully saturated rings. The van der Waals surface area contributed by atoms with Crippen LogP contribution in [0.4, 0.5) is 0 Å². The summed E-state index contributed by atoms with van der Waals surface area (Å²) < 4.78 is 0. The molecule has 1 aliphatic rings. The number of hydrogen-bond donors (Lipinski definition) is 0. The highest BCUT2D eigenvalue weighted by Crippen LogP contribution is 2.18. The zero-order chi connectivity index (χ0) is 13.8.